The summed E-state index contributed by atoms with van der Waals surface area (Å²) in [5.74, 6) is -0.444. The van der Waals surface area contributed by atoms with Crippen molar-refractivity contribution in [1.29, 1.82) is 0 Å². The van der Waals surface area contributed by atoms with Crippen LogP contribution in [0.15, 0.2) is 24.3 Å². The predicted molar refractivity (Wildman–Crippen MR) is 76.5 cm³/mol. The third-order valence-electron chi connectivity index (χ3n) is 2.91. The second-order valence-electron chi connectivity index (χ2n) is 4.59. The Kier molecular flexibility index (Phi) is 3.98. The van der Waals surface area contributed by atoms with Gasteiger partial charge in [-0.1, -0.05) is 0 Å². The van der Waals surface area contributed by atoms with Crippen LogP contribution in [0.2, 0.25) is 0 Å². The number of rotatable bonds is 3. The van der Waals surface area contributed by atoms with Crippen molar-refractivity contribution < 1.29 is 14.3 Å². The van der Waals surface area contributed by atoms with Crippen molar-refractivity contribution in [3.05, 3.63) is 35.5 Å². The van der Waals surface area contributed by atoms with Crippen molar-refractivity contribution in [2.75, 3.05) is 12.4 Å². The number of benzene rings is 1. The summed E-state index contributed by atoms with van der Waals surface area (Å²) in [6.45, 7) is 3.33. The Labute approximate surface area is 117 Å². The number of carbonyl (C=O) groups excluding carboxylic acids is 2. The summed E-state index contributed by atoms with van der Waals surface area (Å²) < 4.78 is 4.71. The molecule has 0 fully saturated rings. The van der Waals surface area contributed by atoms with E-state index in [9.17, 15) is 9.59 Å². The van der Waals surface area contributed by atoms with Gasteiger partial charge in [0.15, 0.2) is 0 Å². The monoisotopic (exact) mass is 272 g/mol. The van der Waals surface area contributed by atoms with E-state index in [4.69, 9.17) is 4.74 Å². The molecule has 1 aromatic heterocycles. The molecule has 20 heavy (non-hydrogen) atoms. The molecule has 104 valence electrons. The van der Waals surface area contributed by atoms with Gasteiger partial charge in [-0.15, -0.1) is 0 Å². The van der Waals surface area contributed by atoms with E-state index in [-0.39, 0.29) is 18.3 Å². The number of nitrogens with one attached hydrogen (secondary N) is 1. The van der Waals surface area contributed by atoms with Crippen molar-refractivity contribution in [3.8, 4) is 0 Å². The van der Waals surface area contributed by atoms with Crippen molar-refractivity contribution in [2.45, 2.75) is 20.3 Å². The molecule has 5 nitrogen and oxygen atoms in total. The molecule has 1 heterocycles. The largest absolute Gasteiger partial charge is 0.469 e. The third kappa shape index (κ3) is 3.12. The number of anilines is 1. The molecule has 0 aliphatic carbocycles. The quantitative estimate of drug-likeness (QED) is 0.870. The third-order valence-corrected chi connectivity index (χ3v) is 2.91. The molecule has 0 aliphatic rings. The molecule has 0 atom stereocenters. The maximum absolute atomic E-state index is 11.5. The lowest BCUT2D eigenvalue weighted by Gasteiger charge is -2.09. The standard InChI is InChI=1S/C15H16N2O3/c1-9-6-11(7-15(19)20-3)13-8-12(17-10(2)18)4-5-14(13)16-9/h4-6,8H,7H2,1-3H3,(H,17,18). The van der Waals surface area contributed by atoms with Crippen LogP contribution in [0.5, 0.6) is 0 Å². The van der Waals surface area contributed by atoms with Crippen LogP contribution in [-0.4, -0.2) is 24.0 Å². The first-order chi connectivity index (χ1) is 9.49. The van der Waals surface area contributed by atoms with E-state index in [1.165, 1.54) is 14.0 Å². The Morgan fingerprint density at radius 2 is 2.05 bits per heavy atom. The highest BCUT2D eigenvalue weighted by Gasteiger charge is 2.10. The average Bonchev–Trinajstić information content (AvgIpc) is 2.38. The topological polar surface area (TPSA) is 68.3 Å². The Morgan fingerprint density at radius 1 is 1.30 bits per heavy atom. The first-order valence-corrected chi connectivity index (χ1v) is 6.24. The number of aryl methyl sites for hydroxylation is 1. The number of methoxy groups -OCH3 is 1. The summed E-state index contributed by atoms with van der Waals surface area (Å²) >= 11 is 0. The van der Waals surface area contributed by atoms with E-state index in [1.54, 1.807) is 6.07 Å². The van der Waals surface area contributed by atoms with E-state index in [1.807, 2.05) is 25.1 Å². The number of fused-ring (bicyclic) bond motifs is 1. The average molecular weight is 272 g/mol. The molecule has 0 aliphatic heterocycles. The van der Waals surface area contributed by atoms with Gasteiger partial charge < -0.3 is 10.1 Å². The normalized spacial score (nSPS) is 10.3. The van der Waals surface area contributed by atoms with Crippen LogP contribution >= 0.6 is 0 Å². The number of nitrogens with zero attached hydrogens (tertiary/aromatic N) is 1. The Balaban J connectivity index is 2.52. The highest BCUT2D eigenvalue weighted by atomic mass is 16.5. The van der Waals surface area contributed by atoms with E-state index < -0.39 is 0 Å². The van der Waals surface area contributed by atoms with Crippen LogP contribution in [0.25, 0.3) is 10.9 Å². The number of esters is 1. The van der Waals surface area contributed by atoms with Crippen LogP contribution in [0.3, 0.4) is 0 Å². The van der Waals surface area contributed by atoms with Gasteiger partial charge in [0.1, 0.15) is 0 Å². The number of pyridine rings is 1. The maximum atomic E-state index is 11.5. The first kappa shape index (κ1) is 14.0. The van der Waals surface area contributed by atoms with E-state index in [0.717, 1.165) is 22.2 Å². The fourth-order valence-corrected chi connectivity index (χ4v) is 2.10. The SMILES string of the molecule is COC(=O)Cc1cc(C)nc2ccc(NC(C)=O)cc12. The fourth-order valence-electron chi connectivity index (χ4n) is 2.10. The Bertz CT molecular complexity index is 680. The summed E-state index contributed by atoms with van der Waals surface area (Å²) in [7, 11) is 1.36. The summed E-state index contributed by atoms with van der Waals surface area (Å²) in [4.78, 5) is 27.0. The summed E-state index contributed by atoms with van der Waals surface area (Å²) in [6.07, 6.45) is 0.180. The first-order valence-electron chi connectivity index (χ1n) is 6.24. The molecule has 5 heteroatoms. The number of aromatic nitrogens is 1. The molecule has 2 aromatic rings. The lowest BCUT2D eigenvalue weighted by molar-refractivity contribution is -0.139. The van der Waals surface area contributed by atoms with Crippen LogP contribution in [0.1, 0.15) is 18.2 Å². The molecule has 1 N–H and O–H groups in total. The highest BCUT2D eigenvalue weighted by Crippen LogP contribution is 2.23. The minimum Gasteiger partial charge on any atom is -0.469 e. The lowest BCUT2D eigenvalue weighted by Crippen LogP contribution is -2.07. The van der Waals surface area contributed by atoms with Gasteiger partial charge >= 0.3 is 5.97 Å². The van der Waals surface area contributed by atoms with Crippen LogP contribution in [0, 0.1) is 6.92 Å². The predicted octanol–water partition coefficient (Wildman–Crippen LogP) is 2.22. The molecular formula is C15H16N2O3. The number of hydrogen-bond donors (Lipinski definition) is 1. The Morgan fingerprint density at radius 3 is 2.70 bits per heavy atom. The lowest BCUT2D eigenvalue weighted by atomic mass is 10.0. The second kappa shape index (κ2) is 5.69. The molecule has 2 rings (SSSR count). The van der Waals surface area contributed by atoms with Crippen molar-refractivity contribution in [3.63, 3.8) is 0 Å². The van der Waals surface area contributed by atoms with Gasteiger partial charge in [0.05, 0.1) is 19.0 Å². The smallest absolute Gasteiger partial charge is 0.310 e. The highest BCUT2D eigenvalue weighted by molar-refractivity contribution is 5.94. The van der Waals surface area contributed by atoms with Crippen molar-refractivity contribution in [2.24, 2.45) is 0 Å². The molecule has 0 radical (unpaired) electrons. The zero-order chi connectivity index (χ0) is 14.7. The molecule has 1 amide bonds. The van der Waals surface area contributed by atoms with Crippen LogP contribution < -0.4 is 5.32 Å². The molecule has 0 saturated heterocycles. The van der Waals surface area contributed by atoms with Crippen LogP contribution in [0.4, 0.5) is 5.69 Å². The Hall–Kier alpha value is -2.43. The molecular weight excluding hydrogens is 256 g/mol. The molecule has 1 aromatic carbocycles. The summed E-state index contributed by atoms with van der Waals surface area (Å²) in [6, 6.07) is 7.30. The van der Waals surface area contributed by atoms with Crippen molar-refractivity contribution >= 4 is 28.5 Å². The minimum absolute atomic E-state index is 0.140. The minimum atomic E-state index is -0.304. The fraction of sp³-hybridized carbons (Fsp3) is 0.267. The number of ether oxygens (including phenoxy) is 1. The zero-order valence-corrected chi connectivity index (χ0v) is 11.7. The number of carbonyl (C=O) groups is 2. The van der Waals surface area contributed by atoms with Gasteiger partial charge in [0.2, 0.25) is 5.91 Å². The van der Waals surface area contributed by atoms with Gasteiger partial charge in [-0.2, -0.15) is 0 Å². The van der Waals surface area contributed by atoms with Gasteiger partial charge in [-0.25, -0.2) is 0 Å². The van der Waals surface area contributed by atoms with Crippen molar-refractivity contribution in [1.82, 2.24) is 4.98 Å². The molecule has 0 bridgehead atoms. The van der Waals surface area contributed by atoms with Gasteiger partial charge in [0.25, 0.3) is 0 Å². The molecule has 0 saturated carbocycles. The van der Waals surface area contributed by atoms with Gasteiger partial charge in [-0.05, 0) is 36.8 Å². The number of amides is 1. The zero-order valence-electron chi connectivity index (χ0n) is 11.7. The molecule has 0 unspecified atom stereocenters. The second-order valence-corrected chi connectivity index (χ2v) is 4.59. The summed E-state index contributed by atoms with van der Waals surface area (Å²) in [5, 5.41) is 3.56. The number of hydrogen-bond acceptors (Lipinski definition) is 4. The van der Waals surface area contributed by atoms with Crippen LogP contribution in [-0.2, 0) is 20.7 Å². The maximum Gasteiger partial charge on any atom is 0.310 e. The van der Waals surface area contributed by atoms with E-state index in [2.05, 4.69) is 10.3 Å². The van der Waals surface area contributed by atoms with Gasteiger partial charge in [-0.3, -0.25) is 14.6 Å². The van der Waals surface area contributed by atoms with E-state index in [0.29, 0.717) is 5.69 Å². The summed E-state index contributed by atoms with van der Waals surface area (Å²) in [5.41, 5.74) is 3.15. The molecule has 0 spiro atoms. The van der Waals surface area contributed by atoms with E-state index >= 15 is 0 Å². The van der Waals surface area contributed by atoms with Gasteiger partial charge in [0, 0.05) is 23.7 Å².